The van der Waals surface area contributed by atoms with Gasteiger partial charge in [0, 0.05) is 24.5 Å². The van der Waals surface area contributed by atoms with Crippen molar-refractivity contribution in [1.82, 2.24) is 10.2 Å². The molecular weight excluding hydrogens is 435 g/mol. The minimum atomic E-state index is -0.632. The molecule has 0 radical (unpaired) electrons. The average molecular weight is 459 g/mol. The van der Waals surface area contributed by atoms with Crippen molar-refractivity contribution >= 4 is 29.0 Å². The van der Waals surface area contributed by atoms with E-state index < -0.39 is 11.9 Å². The standard InChI is InChI=1S/C22H23FN4O4S/c1-15(30-19-5-3-2-4-18(19)23)21-25-26-22(31-21)32-14-20(28)24-16-6-8-17(9-7-16)27-10-12-29-13-11-27/h2-9,15H,10-14H2,1H3,(H,24,28)/t15-/m1/s1. The molecular formula is C22H23FN4O4S. The number of nitrogens with zero attached hydrogens (tertiary/aromatic N) is 3. The van der Waals surface area contributed by atoms with Crippen LogP contribution in [0, 0.1) is 5.82 Å². The summed E-state index contributed by atoms with van der Waals surface area (Å²) in [6.45, 7) is 4.85. The summed E-state index contributed by atoms with van der Waals surface area (Å²) in [5, 5.41) is 10.9. The maximum absolute atomic E-state index is 13.7. The Labute approximate surface area is 189 Å². The number of carbonyl (C=O) groups is 1. The van der Waals surface area contributed by atoms with Crippen LogP contribution in [0.15, 0.2) is 58.2 Å². The molecule has 0 saturated carbocycles. The van der Waals surface area contributed by atoms with Crippen LogP contribution in [0.2, 0.25) is 0 Å². The fourth-order valence-electron chi connectivity index (χ4n) is 3.13. The Hall–Kier alpha value is -3.11. The van der Waals surface area contributed by atoms with E-state index in [2.05, 4.69) is 20.4 Å². The van der Waals surface area contributed by atoms with Crippen LogP contribution in [0.25, 0.3) is 0 Å². The number of anilines is 2. The maximum Gasteiger partial charge on any atom is 0.277 e. The van der Waals surface area contributed by atoms with Gasteiger partial charge in [0.2, 0.25) is 5.91 Å². The van der Waals surface area contributed by atoms with Crippen LogP contribution in [-0.2, 0) is 9.53 Å². The summed E-state index contributed by atoms with van der Waals surface area (Å²) in [6, 6.07) is 13.8. The smallest absolute Gasteiger partial charge is 0.277 e. The Morgan fingerprint density at radius 1 is 1.19 bits per heavy atom. The largest absolute Gasteiger partial charge is 0.478 e. The molecule has 1 aliphatic rings. The quantitative estimate of drug-likeness (QED) is 0.508. The van der Waals surface area contributed by atoms with E-state index in [-0.39, 0.29) is 28.5 Å². The Morgan fingerprint density at radius 3 is 2.69 bits per heavy atom. The second-order valence-electron chi connectivity index (χ2n) is 7.08. The van der Waals surface area contributed by atoms with Gasteiger partial charge in [-0.25, -0.2) is 4.39 Å². The van der Waals surface area contributed by atoms with Crippen molar-refractivity contribution < 1.29 is 23.1 Å². The molecule has 1 atom stereocenters. The Kier molecular flexibility index (Phi) is 7.23. The number of rotatable bonds is 8. The molecule has 3 aromatic rings. The highest BCUT2D eigenvalue weighted by atomic mass is 32.2. The molecule has 1 fully saturated rings. The number of hydrogen-bond donors (Lipinski definition) is 1. The molecule has 10 heteroatoms. The Bertz CT molecular complexity index is 1040. The molecule has 0 unspecified atom stereocenters. The van der Waals surface area contributed by atoms with E-state index >= 15 is 0 Å². The number of thioether (sulfide) groups is 1. The number of ether oxygens (including phenoxy) is 2. The third kappa shape index (κ3) is 5.77. The first-order chi connectivity index (χ1) is 15.6. The summed E-state index contributed by atoms with van der Waals surface area (Å²) in [7, 11) is 0. The van der Waals surface area contributed by atoms with Crippen LogP contribution >= 0.6 is 11.8 Å². The van der Waals surface area contributed by atoms with E-state index in [1.165, 1.54) is 12.1 Å². The highest BCUT2D eigenvalue weighted by molar-refractivity contribution is 7.99. The number of amides is 1. The van der Waals surface area contributed by atoms with Crippen LogP contribution in [0.1, 0.15) is 18.9 Å². The lowest BCUT2D eigenvalue weighted by atomic mass is 10.2. The zero-order valence-electron chi connectivity index (χ0n) is 17.5. The van der Waals surface area contributed by atoms with Gasteiger partial charge in [-0.3, -0.25) is 4.79 Å². The predicted molar refractivity (Wildman–Crippen MR) is 119 cm³/mol. The molecule has 168 valence electrons. The molecule has 1 saturated heterocycles. The van der Waals surface area contributed by atoms with Gasteiger partial charge in [-0.1, -0.05) is 23.9 Å². The first-order valence-corrected chi connectivity index (χ1v) is 11.2. The maximum atomic E-state index is 13.7. The lowest BCUT2D eigenvalue weighted by Crippen LogP contribution is -2.36. The van der Waals surface area contributed by atoms with E-state index in [0.717, 1.165) is 43.8 Å². The van der Waals surface area contributed by atoms with Crippen LogP contribution in [-0.4, -0.2) is 48.2 Å². The van der Waals surface area contributed by atoms with E-state index in [1.807, 2.05) is 24.3 Å². The van der Waals surface area contributed by atoms with E-state index in [1.54, 1.807) is 19.1 Å². The van der Waals surface area contributed by atoms with E-state index in [0.29, 0.717) is 5.69 Å². The van der Waals surface area contributed by atoms with Crippen molar-refractivity contribution in [3.8, 4) is 5.75 Å². The van der Waals surface area contributed by atoms with Crippen molar-refractivity contribution in [3.05, 3.63) is 60.2 Å². The summed E-state index contributed by atoms with van der Waals surface area (Å²) >= 11 is 1.12. The molecule has 0 bridgehead atoms. The molecule has 1 aliphatic heterocycles. The van der Waals surface area contributed by atoms with Crippen molar-refractivity contribution in [2.75, 3.05) is 42.3 Å². The zero-order valence-corrected chi connectivity index (χ0v) is 18.3. The molecule has 0 spiro atoms. The SMILES string of the molecule is C[C@@H](Oc1ccccc1F)c1nnc(SCC(=O)Nc2ccc(N3CCOCC3)cc2)o1. The predicted octanol–water partition coefficient (Wildman–Crippen LogP) is 3.92. The van der Waals surface area contributed by atoms with Crippen LogP contribution in [0.3, 0.4) is 0 Å². The molecule has 8 nitrogen and oxygen atoms in total. The molecule has 2 aromatic carbocycles. The van der Waals surface area contributed by atoms with Crippen LogP contribution in [0.4, 0.5) is 15.8 Å². The second kappa shape index (κ2) is 10.5. The average Bonchev–Trinajstić information content (AvgIpc) is 3.30. The van der Waals surface area contributed by atoms with Crippen molar-refractivity contribution in [1.29, 1.82) is 0 Å². The molecule has 1 N–H and O–H groups in total. The second-order valence-corrected chi connectivity index (χ2v) is 8.01. The third-order valence-electron chi connectivity index (χ3n) is 4.76. The number of morpholine rings is 1. The topological polar surface area (TPSA) is 89.7 Å². The number of aromatic nitrogens is 2. The summed E-state index contributed by atoms with van der Waals surface area (Å²) in [5.74, 6) is -0.246. The molecule has 0 aliphatic carbocycles. The van der Waals surface area contributed by atoms with Gasteiger partial charge in [-0.2, -0.15) is 0 Å². The third-order valence-corrected chi connectivity index (χ3v) is 5.58. The van der Waals surface area contributed by atoms with Crippen LogP contribution in [0.5, 0.6) is 5.75 Å². The summed E-state index contributed by atoms with van der Waals surface area (Å²) in [5.41, 5.74) is 1.82. The van der Waals surface area contributed by atoms with Crippen molar-refractivity contribution in [3.63, 3.8) is 0 Å². The first-order valence-electron chi connectivity index (χ1n) is 10.2. The monoisotopic (exact) mass is 458 g/mol. The number of nitrogens with one attached hydrogen (secondary N) is 1. The van der Waals surface area contributed by atoms with E-state index in [9.17, 15) is 9.18 Å². The summed E-state index contributed by atoms with van der Waals surface area (Å²) in [6.07, 6.45) is -0.632. The fraction of sp³-hybridized carbons (Fsp3) is 0.318. The molecule has 2 heterocycles. The number of carbonyl (C=O) groups excluding carboxylic acids is 1. The van der Waals surface area contributed by atoms with Gasteiger partial charge < -0.3 is 24.1 Å². The molecule has 32 heavy (non-hydrogen) atoms. The minimum absolute atomic E-state index is 0.103. The van der Waals surface area contributed by atoms with Gasteiger partial charge in [0.1, 0.15) is 0 Å². The van der Waals surface area contributed by atoms with Gasteiger partial charge in [-0.15, -0.1) is 10.2 Å². The summed E-state index contributed by atoms with van der Waals surface area (Å²) in [4.78, 5) is 14.5. The normalized spacial score (nSPS) is 14.8. The summed E-state index contributed by atoms with van der Waals surface area (Å²) < 4.78 is 30.2. The number of benzene rings is 2. The van der Waals surface area contributed by atoms with E-state index in [4.69, 9.17) is 13.9 Å². The number of para-hydroxylation sites is 1. The van der Waals surface area contributed by atoms with Gasteiger partial charge in [0.15, 0.2) is 17.7 Å². The number of halogens is 1. The Morgan fingerprint density at radius 2 is 1.94 bits per heavy atom. The minimum Gasteiger partial charge on any atom is -0.478 e. The van der Waals surface area contributed by atoms with Crippen molar-refractivity contribution in [2.24, 2.45) is 0 Å². The van der Waals surface area contributed by atoms with Gasteiger partial charge in [0.05, 0.1) is 19.0 Å². The van der Waals surface area contributed by atoms with Gasteiger partial charge >= 0.3 is 0 Å². The number of hydrogen-bond acceptors (Lipinski definition) is 8. The first kappa shape index (κ1) is 22.1. The van der Waals surface area contributed by atoms with Crippen LogP contribution < -0.4 is 15.0 Å². The molecule has 4 rings (SSSR count). The fourth-order valence-corrected chi connectivity index (χ4v) is 3.70. The lowest BCUT2D eigenvalue weighted by molar-refractivity contribution is -0.113. The highest BCUT2D eigenvalue weighted by Crippen LogP contribution is 2.26. The molecule has 1 aromatic heterocycles. The Balaban J connectivity index is 1.25. The van der Waals surface area contributed by atoms with Gasteiger partial charge in [-0.05, 0) is 43.3 Å². The zero-order chi connectivity index (χ0) is 22.3. The molecule has 1 amide bonds. The van der Waals surface area contributed by atoms with Gasteiger partial charge in [0.25, 0.3) is 11.1 Å². The highest BCUT2D eigenvalue weighted by Gasteiger charge is 2.18. The van der Waals surface area contributed by atoms with Crippen molar-refractivity contribution in [2.45, 2.75) is 18.3 Å². The lowest BCUT2D eigenvalue weighted by Gasteiger charge is -2.28.